The summed E-state index contributed by atoms with van der Waals surface area (Å²) in [7, 11) is 1.75. The van der Waals surface area contributed by atoms with E-state index in [-0.39, 0.29) is 24.1 Å². The molecule has 0 radical (unpaired) electrons. The van der Waals surface area contributed by atoms with Crippen LogP contribution in [0.2, 0.25) is 5.02 Å². The summed E-state index contributed by atoms with van der Waals surface area (Å²) in [5, 5.41) is 5.94. The maximum atomic E-state index is 12.3. The van der Waals surface area contributed by atoms with Crippen molar-refractivity contribution in [2.45, 2.75) is 20.1 Å². The fraction of sp³-hybridized carbons (Fsp3) is 0.462. The SMILES string of the molecule is CNCC(C)C(=O)NCc1cc(Cl)ccc1OC(F)F. The molecule has 0 fully saturated rings. The summed E-state index contributed by atoms with van der Waals surface area (Å²) in [5.74, 6) is -0.396. The third-order valence-corrected chi connectivity index (χ3v) is 2.88. The Bertz CT molecular complexity index is 458. The Kier molecular flexibility index (Phi) is 6.67. The number of hydrogen-bond donors (Lipinski definition) is 2. The number of alkyl halides is 2. The Morgan fingerprint density at radius 1 is 1.45 bits per heavy atom. The Morgan fingerprint density at radius 3 is 2.75 bits per heavy atom. The van der Waals surface area contributed by atoms with E-state index in [1.54, 1.807) is 14.0 Å². The van der Waals surface area contributed by atoms with Crippen LogP contribution in [0, 0.1) is 5.92 Å². The number of nitrogens with one attached hydrogen (secondary N) is 2. The molecule has 0 saturated carbocycles. The number of amides is 1. The van der Waals surface area contributed by atoms with Gasteiger partial charge in [0.05, 0.1) is 0 Å². The van der Waals surface area contributed by atoms with Gasteiger partial charge in [-0.05, 0) is 25.2 Å². The molecule has 112 valence electrons. The average molecular weight is 307 g/mol. The molecule has 1 aromatic rings. The maximum absolute atomic E-state index is 12.3. The van der Waals surface area contributed by atoms with E-state index in [1.165, 1.54) is 18.2 Å². The first kappa shape index (κ1) is 16.7. The van der Waals surface area contributed by atoms with Gasteiger partial charge in [-0.15, -0.1) is 0 Å². The molecule has 1 rings (SSSR count). The van der Waals surface area contributed by atoms with Crippen molar-refractivity contribution < 1.29 is 18.3 Å². The maximum Gasteiger partial charge on any atom is 0.387 e. The minimum absolute atomic E-state index is 0.00553. The molecular weight excluding hydrogens is 290 g/mol. The molecule has 0 aliphatic heterocycles. The summed E-state index contributed by atoms with van der Waals surface area (Å²) in [5.41, 5.74) is 0.405. The highest BCUT2D eigenvalue weighted by Gasteiger charge is 2.14. The van der Waals surface area contributed by atoms with Gasteiger partial charge in [0, 0.05) is 29.6 Å². The van der Waals surface area contributed by atoms with Crippen LogP contribution in [-0.2, 0) is 11.3 Å². The van der Waals surface area contributed by atoms with Gasteiger partial charge in [0.2, 0.25) is 5.91 Å². The average Bonchev–Trinajstić information content (AvgIpc) is 2.38. The molecule has 0 spiro atoms. The lowest BCUT2D eigenvalue weighted by atomic mass is 10.1. The molecule has 0 saturated heterocycles. The first-order valence-corrected chi connectivity index (χ1v) is 6.47. The molecule has 20 heavy (non-hydrogen) atoms. The Labute approximate surface area is 121 Å². The van der Waals surface area contributed by atoms with Crippen molar-refractivity contribution in [3.63, 3.8) is 0 Å². The van der Waals surface area contributed by atoms with E-state index in [1.807, 2.05) is 0 Å². The van der Waals surface area contributed by atoms with Gasteiger partial charge in [0.1, 0.15) is 5.75 Å². The van der Waals surface area contributed by atoms with Crippen LogP contribution in [0.25, 0.3) is 0 Å². The van der Waals surface area contributed by atoms with Crippen molar-refractivity contribution in [1.82, 2.24) is 10.6 Å². The molecule has 1 amide bonds. The fourth-order valence-corrected chi connectivity index (χ4v) is 1.85. The van der Waals surface area contributed by atoms with E-state index in [9.17, 15) is 13.6 Å². The van der Waals surface area contributed by atoms with Crippen LogP contribution >= 0.6 is 11.6 Å². The van der Waals surface area contributed by atoms with E-state index >= 15 is 0 Å². The number of halogens is 3. The molecular formula is C13H17ClF2N2O2. The van der Waals surface area contributed by atoms with Crippen molar-refractivity contribution in [2.75, 3.05) is 13.6 Å². The third-order valence-electron chi connectivity index (χ3n) is 2.65. The molecule has 1 unspecified atom stereocenters. The zero-order valence-electron chi connectivity index (χ0n) is 11.3. The minimum Gasteiger partial charge on any atom is -0.434 e. The smallest absolute Gasteiger partial charge is 0.387 e. The highest BCUT2D eigenvalue weighted by molar-refractivity contribution is 6.30. The molecule has 7 heteroatoms. The second-order valence-corrected chi connectivity index (χ2v) is 4.74. The summed E-state index contributed by atoms with van der Waals surface area (Å²) < 4.78 is 28.9. The lowest BCUT2D eigenvalue weighted by molar-refractivity contribution is -0.124. The van der Waals surface area contributed by atoms with Crippen LogP contribution in [0.5, 0.6) is 5.75 Å². The van der Waals surface area contributed by atoms with Crippen molar-refractivity contribution >= 4 is 17.5 Å². The topological polar surface area (TPSA) is 50.4 Å². The van der Waals surface area contributed by atoms with Gasteiger partial charge < -0.3 is 15.4 Å². The summed E-state index contributed by atoms with van der Waals surface area (Å²) >= 11 is 5.82. The zero-order chi connectivity index (χ0) is 15.1. The van der Waals surface area contributed by atoms with Crippen LogP contribution < -0.4 is 15.4 Å². The van der Waals surface area contributed by atoms with Gasteiger partial charge in [-0.2, -0.15) is 8.78 Å². The normalized spacial score (nSPS) is 12.3. The van der Waals surface area contributed by atoms with Crippen LogP contribution in [0.15, 0.2) is 18.2 Å². The van der Waals surface area contributed by atoms with Crippen LogP contribution in [0.1, 0.15) is 12.5 Å². The van der Waals surface area contributed by atoms with E-state index in [0.29, 0.717) is 17.1 Å². The predicted molar refractivity (Wildman–Crippen MR) is 73.0 cm³/mol. The fourth-order valence-electron chi connectivity index (χ4n) is 1.65. The highest BCUT2D eigenvalue weighted by atomic mass is 35.5. The Morgan fingerprint density at radius 2 is 2.15 bits per heavy atom. The van der Waals surface area contributed by atoms with E-state index in [0.717, 1.165) is 0 Å². The minimum atomic E-state index is -2.92. The predicted octanol–water partition coefficient (Wildman–Crippen LogP) is 2.41. The van der Waals surface area contributed by atoms with Crippen LogP contribution in [0.3, 0.4) is 0 Å². The van der Waals surface area contributed by atoms with Gasteiger partial charge >= 0.3 is 6.61 Å². The largest absolute Gasteiger partial charge is 0.434 e. The van der Waals surface area contributed by atoms with Crippen LogP contribution in [-0.4, -0.2) is 26.1 Å². The quantitative estimate of drug-likeness (QED) is 0.813. The molecule has 4 nitrogen and oxygen atoms in total. The summed E-state index contributed by atoms with van der Waals surface area (Å²) in [6.45, 7) is -0.550. The summed E-state index contributed by atoms with van der Waals surface area (Å²) in [6, 6.07) is 4.30. The molecule has 1 aromatic carbocycles. The van der Waals surface area contributed by atoms with Crippen LogP contribution in [0.4, 0.5) is 8.78 Å². The molecule has 0 aliphatic carbocycles. The van der Waals surface area contributed by atoms with Crippen molar-refractivity contribution in [3.05, 3.63) is 28.8 Å². The van der Waals surface area contributed by atoms with Gasteiger partial charge in [0.15, 0.2) is 0 Å². The number of carbonyl (C=O) groups excluding carboxylic acids is 1. The van der Waals surface area contributed by atoms with Gasteiger partial charge in [-0.25, -0.2) is 0 Å². The van der Waals surface area contributed by atoms with E-state index < -0.39 is 6.61 Å². The third kappa shape index (κ3) is 5.30. The lowest BCUT2D eigenvalue weighted by Crippen LogP contribution is -2.34. The van der Waals surface area contributed by atoms with Gasteiger partial charge in [0.25, 0.3) is 0 Å². The molecule has 0 bridgehead atoms. The number of benzene rings is 1. The molecule has 0 heterocycles. The molecule has 0 aliphatic rings. The lowest BCUT2D eigenvalue weighted by Gasteiger charge is -2.14. The summed E-state index contributed by atoms with van der Waals surface area (Å²) in [6.07, 6.45) is 0. The number of rotatable bonds is 7. The molecule has 0 aromatic heterocycles. The summed E-state index contributed by atoms with van der Waals surface area (Å²) in [4.78, 5) is 11.8. The zero-order valence-corrected chi connectivity index (χ0v) is 12.0. The monoisotopic (exact) mass is 306 g/mol. The first-order chi connectivity index (χ1) is 9.43. The van der Waals surface area contributed by atoms with Gasteiger partial charge in [-0.1, -0.05) is 18.5 Å². The Balaban J connectivity index is 2.70. The second kappa shape index (κ2) is 8.01. The van der Waals surface area contributed by atoms with Crippen molar-refractivity contribution in [3.8, 4) is 5.75 Å². The molecule has 1 atom stereocenters. The van der Waals surface area contributed by atoms with E-state index in [4.69, 9.17) is 11.6 Å². The number of hydrogen-bond acceptors (Lipinski definition) is 3. The number of ether oxygens (including phenoxy) is 1. The number of carbonyl (C=O) groups is 1. The first-order valence-electron chi connectivity index (χ1n) is 6.09. The second-order valence-electron chi connectivity index (χ2n) is 4.31. The highest BCUT2D eigenvalue weighted by Crippen LogP contribution is 2.24. The standard InChI is InChI=1S/C13H17ClF2N2O2/c1-8(6-17-2)12(19)18-7-9-5-10(14)3-4-11(9)20-13(15)16/h3-5,8,13,17H,6-7H2,1-2H3,(H,18,19). The van der Waals surface area contributed by atoms with E-state index in [2.05, 4.69) is 15.4 Å². The van der Waals surface area contributed by atoms with Gasteiger partial charge in [-0.3, -0.25) is 4.79 Å². The van der Waals surface area contributed by atoms with Crippen molar-refractivity contribution in [1.29, 1.82) is 0 Å². The van der Waals surface area contributed by atoms with Crippen molar-refractivity contribution in [2.24, 2.45) is 5.92 Å². The molecule has 2 N–H and O–H groups in total. The Hall–Kier alpha value is -1.40.